The monoisotopic (exact) mass is 187 g/mol. The van der Waals surface area contributed by atoms with Crippen LogP contribution < -0.4 is 11.3 Å². The van der Waals surface area contributed by atoms with Gasteiger partial charge in [0.2, 0.25) is 0 Å². The predicted molar refractivity (Wildman–Crippen MR) is 58.4 cm³/mol. The highest BCUT2D eigenvalue weighted by atomic mass is 15.2. The molecule has 0 saturated carbocycles. The Balaban J connectivity index is 3.58. The largest absolute Gasteiger partial charge is 0.299 e. The maximum atomic E-state index is 5.20. The summed E-state index contributed by atoms with van der Waals surface area (Å²) in [6, 6.07) is 1.29. The van der Waals surface area contributed by atoms with Gasteiger partial charge in [-0.1, -0.05) is 0 Å². The van der Waals surface area contributed by atoms with Crippen molar-refractivity contribution in [3.63, 3.8) is 0 Å². The second-order valence-corrected chi connectivity index (χ2v) is 4.09. The van der Waals surface area contributed by atoms with E-state index in [0.29, 0.717) is 12.1 Å². The molecule has 0 heterocycles. The van der Waals surface area contributed by atoms with E-state index in [0.717, 1.165) is 13.0 Å². The summed E-state index contributed by atoms with van der Waals surface area (Å²) >= 11 is 0. The Morgan fingerprint density at radius 1 is 1.08 bits per heavy atom. The lowest BCUT2D eigenvalue weighted by Gasteiger charge is -2.30. The van der Waals surface area contributed by atoms with Gasteiger partial charge in [0.1, 0.15) is 0 Å². The van der Waals surface area contributed by atoms with Crippen LogP contribution in [0.1, 0.15) is 40.5 Å². The van der Waals surface area contributed by atoms with Gasteiger partial charge in [0.05, 0.1) is 0 Å². The summed E-state index contributed by atoms with van der Waals surface area (Å²) in [5.41, 5.74) is 2.68. The highest BCUT2D eigenvalue weighted by Crippen LogP contribution is 2.06. The highest BCUT2D eigenvalue weighted by Gasteiger charge is 2.11. The van der Waals surface area contributed by atoms with Gasteiger partial charge in [0, 0.05) is 18.6 Å². The van der Waals surface area contributed by atoms with Gasteiger partial charge in [0.25, 0.3) is 0 Å². The molecule has 0 saturated heterocycles. The van der Waals surface area contributed by atoms with Crippen LogP contribution in [0, 0.1) is 0 Å². The number of unbranched alkanes of at least 4 members (excludes halogenated alkanes) is 1. The van der Waals surface area contributed by atoms with Gasteiger partial charge >= 0.3 is 0 Å². The van der Waals surface area contributed by atoms with Crippen molar-refractivity contribution >= 4 is 0 Å². The Morgan fingerprint density at radius 3 is 2.00 bits per heavy atom. The molecule has 0 radical (unpaired) electrons. The fourth-order valence-corrected chi connectivity index (χ4v) is 1.63. The summed E-state index contributed by atoms with van der Waals surface area (Å²) in [5, 5.41) is 0. The van der Waals surface area contributed by atoms with Crippen LogP contribution in [0.25, 0.3) is 0 Å². The van der Waals surface area contributed by atoms with Crippen LogP contribution in [-0.2, 0) is 0 Å². The lowest BCUT2D eigenvalue weighted by Crippen LogP contribution is -2.38. The van der Waals surface area contributed by atoms with Crippen LogP contribution in [0.15, 0.2) is 0 Å². The lowest BCUT2D eigenvalue weighted by molar-refractivity contribution is 0.171. The molecule has 3 nitrogen and oxygen atoms in total. The maximum Gasteiger partial charge on any atom is 0.00978 e. The Labute approximate surface area is 82.6 Å². The summed E-state index contributed by atoms with van der Waals surface area (Å²) < 4.78 is 0. The fourth-order valence-electron chi connectivity index (χ4n) is 1.63. The second kappa shape index (κ2) is 7.30. The average molecular weight is 187 g/mol. The summed E-state index contributed by atoms with van der Waals surface area (Å²) in [4.78, 5) is 2.51. The van der Waals surface area contributed by atoms with Crippen LogP contribution in [0.3, 0.4) is 0 Å². The average Bonchev–Trinajstić information content (AvgIpc) is 2.02. The Bertz CT molecular complexity index is 105. The molecule has 0 amide bonds. The third-order valence-corrected chi connectivity index (χ3v) is 2.31. The Hall–Kier alpha value is -0.120. The zero-order valence-corrected chi connectivity index (χ0v) is 9.51. The molecular formula is C10H25N3. The minimum atomic E-state index is 0.644. The van der Waals surface area contributed by atoms with Gasteiger partial charge in [-0.3, -0.25) is 16.2 Å². The summed E-state index contributed by atoms with van der Waals surface area (Å²) in [5.74, 6) is 5.20. The van der Waals surface area contributed by atoms with Gasteiger partial charge in [-0.15, -0.1) is 0 Å². The van der Waals surface area contributed by atoms with E-state index in [1.165, 1.54) is 13.0 Å². The molecule has 0 aromatic rings. The van der Waals surface area contributed by atoms with E-state index in [1.54, 1.807) is 0 Å². The molecule has 3 heteroatoms. The number of nitrogens with one attached hydrogen (secondary N) is 1. The van der Waals surface area contributed by atoms with E-state index in [4.69, 9.17) is 5.84 Å². The minimum Gasteiger partial charge on any atom is -0.299 e. The van der Waals surface area contributed by atoms with Crippen LogP contribution in [0.4, 0.5) is 0 Å². The molecule has 0 aliphatic rings. The molecule has 0 bridgehead atoms. The first-order valence-electron chi connectivity index (χ1n) is 5.28. The molecule has 80 valence electrons. The first kappa shape index (κ1) is 12.9. The van der Waals surface area contributed by atoms with Crippen molar-refractivity contribution in [1.29, 1.82) is 0 Å². The molecule has 0 aliphatic heterocycles. The quantitative estimate of drug-likeness (QED) is 0.359. The molecule has 0 fully saturated rings. The molecular weight excluding hydrogens is 162 g/mol. The number of hydrazine groups is 1. The van der Waals surface area contributed by atoms with E-state index in [1.807, 2.05) is 0 Å². The highest BCUT2D eigenvalue weighted by molar-refractivity contribution is 4.66. The molecule has 0 aromatic heterocycles. The smallest absolute Gasteiger partial charge is 0.00978 e. The molecule has 3 N–H and O–H groups in total. The van der Waals surface area contributed by atoms with Crippen molar-refractivity contribution in [2.45, 2.75) is 52.6 Å². The molecule has 0 aromatic carbocycles. The normalized spacial score (nSPS) is 12.0. The van der Waals surface area contributed by atoms with Crippen LogP contribution in [-0.4, -0.2) is 30.1 Å². The van der Waals surface area contributed by atoms with Crippen molar-refractivity contribution in [1.82, 2.24) is 10.3 Å². The third kappa shape index (κ3) is 6.02. The summed E-state index contributed by atoms with van der Waals surface area (Å²) in [6.07, 6.45) is 2.38. The molecule has 0 spiro atoms. The maximum absolute atomic E-state index is 5.20. The van der Waals surface area contributed by atoms with Crippen molar-refractivity contribution < 1.29 is 0 Å². The third-order valence-electron chi connectivity index (χ3n) is 2.31. The van der Waals surface area contributed by atoms with Crippen LogP contribution >= 0.6 is 0 Å². The van der Waals surface area contributed by atoms with E-state index in [2.05, 4.69) is 38.0 Å². The van der Waals surface area contributed by atoms with Gasteiger partial charge in [-0.2, -0.15) is 0 Å². The number of hydrogen-bond acceptors (Lipinski definition) is 3. The summed E-state index contributed by atoms with van der Waals surface area (Å²) in [6.45, 7) is 11.1. The van der Waals surface area contributed by atoms with E-state index >= 15 is 0 Å². The number of hydrogen-bond donors (Lipinski definition) is 2. The fraction of sp³-hybridized carbons (Fsp3) is 1.00. The molecule has 0 unspecified atom stereocenters. The first-order valence-corrected chi connectivity index (χ1v) is 5.28. The zero-order chi connectivity index (χ0) is 10.3. The molecule has 13 heavy (non-hydrogen) atoms. The Morgan fingerprint density at radius 2 is 1.62 bits per heavy atom. The Kier molecular flexibility index (Phi) is 7.23. The van der Waals surface area contributed by atoms with Crippen molar-refractivity contribution in [2.24, 2.45) is 5.84 Å². The standard InChI is InChI=1S/C10H25N3/c1-9(2)13(10(3)4)8-6-5-7-12-11/h9-10,12H,5-8,11H2,1-4H3. The first-order chi connectivity index (χ1) is 6.09. The predicted octanol–water partition coefficient (Wildman–Crippen LogP) is 1.35. The molecule has 0 aliphatic carbocycles. The number of nitrogens with two attached hydrogens (primary N) is 1. The minimum absolute atomic E-state index is 0.644. The lowest BCUT2D eigenvalue weighted by atomic mass is 10.2. The van der Waals surface area contributed by atoms with Gasteiger partial charge in [0.15, 0.2) is 0 Å². The van der Waals surface area contributed by atoms with Crippen molar-refractivity contribution in [3.8, 4) is 0 Å². The molecule has 0 rings (SSSR count). The van der Waals surface area contributed by atoms with Crippen molar-refractivity contribution in [3.05, 3.63) is 0 Å². The number of rotatable bonds is 7. The number of nitrogens with zero attached hydrogens (tertiary/aromatic N) is 1. The van der Waals surface area contributed by atoms with Crippen LogP contribution in [0.2, 0.25) is 0 Å². The second-order valence-electron chi connectivity index (χ2n) is 4.09. The van der Waals surface area contributed by atoms with E-state index in [-0.39, 0.29) is 0 Å². The summed E-state index contributed by atoms with van der Waals surface area (Å²) in [7, 11) is 0. The van der Waals surface area contributed by atoms with Crippen molar-refractivity contribution in [2.75, 3.05) is 13.1 Å². The topological polar surface area (TPSA) is 41.3 Å². The van der Waals surface area contributed by atoms with Crippen LogP contribution in [0.5, 0.6) is 0 Å². The zero-order valence-electron chi connectivity index (χ0n) is 9.51. The van der Waals surface area contributed by atoms with Gasteiger partial charge < -0.3 is 0 Å². The van der Waals surface area contributed by atoms with E-state index < -0.39 is 0 Å². The van der Waals surface area contributed by atoms with Gasteiger partial charge in [-0.25, -0.2) is 0 Å². The molecule has 0 atom stereocenters. The van der Waals surface area contributed by atoms with E-state index in [9.17, 15) is 0 Å². The SMILES string of the molecule is CC(C)N(CCCCNN)C(C)C. The van der Waals surface area contributed by atoms with Gasteiger partial charge in [-0.05, 0) is 47.1 Å².